The van der Waals surface area contributed by atoms with Crippen LogP contribution in [0.3, 0.4) is 0 Å². The molecule has 0 unspecified atom stereocenters. The number of benzene rings is 1. The molecule has 0 aliphatic rings. The number of hydrogen-bond acceptors (Lipinski definition) is 5. The third-order valence-corrected chi connectivity index (χ3v) is 3.09. The normalized spacial score (nSPS) is 10.7. The highest BCUT2D eigenvalue weighted by Gasteiger charge is 2.10. The standard InChI is InChI=1S/C16H20FN3O3/c1-22-9-8-18-6-7-19-15(21)10-14-11-23-16(20-14)12-2-4-13(17)5-3-12/h2-5,11,18H,6-10H2,1H3,(H,19,21). The highest BCUT2D eigenvalue weighted by molar-refractivity contribution is 5.78. The van der Waals surface area contributed by atoms with E-state index in [9.17, 15) is 9.18 Å². The molecule has 2 rings (SSSR count). The van der Waals surface area contributed by atoms with Crippen LogP contribution in [0.4, 0.5) is 4.39 Å². The van der Waals surface area contributed by atoms with Crippen LogP contribution in [0.2, 0.25) is 0 Å². The van der Waals surface area contributed by atoms with Crippen molar-refractivity contribution in [3.8, 4) is 11.5 Å². The van der Waals surface area contributed by atoms with Crippen LogP contribution >= 0.6 is 0 Å². The molecule has 2 aromatic rings. The lowest BCUT2D eigenvalue weighted by atomic mass is 10.2. The van der Waals surface area contributed by atoms with E-state index >= 15 is 0 Å². The van der Waals surface area contributed by atoms with Crippen LogP contribution in [0.5, 0.6) is 0 Å². The quantitative estimate of drug-likeness (QED) is 0.682. The first-order valence-corrected chi connectivity index (χ1v) is 7.35. The molecule has 0 spiro atoms. The van der Waals surface area contributed by atoms with Gasteiger partial charge in [0.15, 0.2) is 0 Å². The second-order valence-electron chi connectivity index (χ2n) is 4.92. The van der Waals surface area contributed by atoms with Gasteiger partial charge in [-0.05, 0) is 24.3 Å². The number of nitrogens with zero attached hydrogens (tertiary/aromatic N) is 1. The van der Waals surface area contributed by atoms with Gasteiger partial charge in [-0.3, -0.25) is 4.79 Å². The number of aromatic nitrogens is 1. The van der Waals surface area contributed by atoms with E-state index < -0.39 is 0 Å². The summed E-state index contributed by atoms with van der Waals surface area (Å²) in [6.45, 7) is 2.59. The summed E-state index contributed by atoms with van der Waals surface area (Å²) in [7, 11) is 1.64. The molecular formula is C16H20FN3O3. The molecule has 1 amide bonds. The van der Waals surface area contributed by atoms with Gasteiger partial charge in [-0.15, -0.1) is 0 Å². The highest BCUT2D eigenvalue weighted by Crippen LogP contribution is 2.19. The van der Waals surface area contributed by atoms with Crippen LogP contribution in [-0.2, 0) is 16.0 Å². The average molecular weight is 321 g/mol. The summed E-state index contributed by atoms with van der Waals surface area (Å²) in [5, 5.41) is 5.92. The molecule has 0 bridgehead atoms. The summed E-state index contributed by atoms with van der Waals surface area (Å²) in [5.74, 6) is -0.0782. The van der Waals surface area contributed by atoms with Gasteiger partial charge in [0.25, 0.3) is 0 Å². The van der Waals surface area contributed by atoms with Crippen molar-refractivity contribution in [3.05, 3.63) is 42.0 Å². The predicted molar refractivity (Wildman–Crippen MR) is 83.4 cm³/mol. The van der Waals surface area contributed by atoms with Crippen molar-refractivity contribution in [3.63, 3.8) is 0 Å². The van der Waals surface area contributed by atoms with Gasteiger partial charge in [0.1, 0.15) is 12.1 Å². The molecule has 124 valence electrons. The van der Waals surface area contributed by atoms with Crippen LogP contribution in [0.25, 0.3) is 11.5 Å². The van der Waals surface area contributed by atoms with E-state index in [0.717, 1.165) is 6.54 Å². The van der Waals surface area contributed by atoms with Gasteiger partial charge in [0.05, 0.1) is 18.7 Å². The molecule has 0 atom stereocenters. The minimum Gasteiger partial charge on any atom is -0.444 e. The maximum Gasteiger partial charge on any atom is 0.226 e. The Kier molecular flexibility index (Phi) is 6.71. The molecule has 0 aliphatic carbocycles. The average Bonchev–Trinajstić information content (AvgIpc) is 3.00. The summed E-state index contributed by atoms with van der Waals surface area (Å²) in [6, 6.07) is 5.83. The molecule has 23 heavy (non-hydrogen) atoms. The van der Waals surface area contributed by atoms with Gasteiger partial charge >= 0.3 is 0 Å². The number of rotatable bonds is 9. The van der Waals surface area contributed by atoms with Crippen LogP contribution in [-0.4, -0.2) is 44.2 Å². The number of ether oxygens (including phenoxy) is 1. The van der Waals surface area contributed by atoms with Crippen molar-refractivity contribution in [2.24, 2.45) is 0 Å². The van der Waals surface area contributed by atoms with Gasteiger partial charge in [0, 0.05) is 32.3 Å². The van der Waals surface area contributed by atoms with Crippen molar-refractivity contribution in [2.45, 2.75) is 6.42 Å². The van der Waals surface area contributed by atoms with Crippen LogP contribution in [0, 0.1) is 5.82 Å². The lowest BCUT2D eigenvalue weighted by Crippen LogP contribution is -2.33. The second kappa shape index (κ2) is 9.02. The Bertz CT molecular complexity index is 613. The Balaban J connectivity index is 1.75. The topological polar surface area (TPSA) is 76.4 Å². The Hall–Kier alpha value is -2.25. The number of carbonyl (C=O) groups excluding carboxylic acids is 1. The Morgan fingerprint density at radius 2 is 2.04 bits per heavy atom. The van der Waals surface area contributed by atoms with E-state index in [1.807, 2.05) is 0 Å². The molecule has 0 saturated carbocycles. The molecule has 7 heteroatoms. The third-order valence-electron chi connectivity index (χ3n) is 3.09. The van der Waals surface area contributed by atoms with E-state index in [4.69, 9.17) is 9.15 Å². The van der Waals surface area contributed by atoms with Gasteiger partial charge < -0.3 is 19.8 Å². The largest absolute Gasteiger partial charge is 0.444 e. The first kappa shape index (κ1) is 17.1. The SMILES string of the molecule is COCCNCCNC(=O)Cc1coc(-c2ccc(F)cc2)n1. The van der Waals surface area contributed by atoms with Gasteiger partial charge in [-0.2, -0.15) is 0 Å². The van der Waals surface area contributed by atoms with Gasteiger partial charge in [-0.1, -0.05) is 0 Å². The fourth-order valence-corrected chi connectivity index (χ4v) is 1.93. The zero-order valence-electron chi connectivity index (χ0n) is 13.0. The molecule has 1 heterocycles. The first-order chi connectivity index (χ1) is 11.2. The molecular weight excluding hydrogens is 301 g/mol. The Morgan fingerprint density at radius 1 is 1.26 bits per heavy atom. The smallest absolute Gasteiger partial charge is 0.226 e. The lowest BCUT2D eigenvalue weighted by molar-refractivity contribution is -0.120. The number of carbonyl (C=O) groups is 1. The number of hydrogen-bond donors (Lipinski definition) is 2. The Labute approximate surface area is 134 Å². The molecule has 0 aliphatic heterocycles. The summed E-state index contributed by atoms with van der Waals surface area (Å²) >= 11 is 0. The van der Waals surface area contributed by atoms with Gasteiger partial charge in [0.2, 0.25) is 11.8 Å². The molecule has 2 N–H and O–H groups in total. The van der Waals surface area contributed by atoms with Crippen molar-refractivity contribution in [2.75, 3.05) is 33.4 Å². The van der Waals surface area contributed by atoms with Crippen molar-refractivity contribution in [1.82, 2.24) is 15.6 Å². The van der Waals surface area contributed by atoms with Crippen LogP contribution in [0.15, 0.2) is 34.9 Å². The number of halogens is 1. The number of methoxy groups -OCH3 is 1. The molecule has 0 fully saturated rings. The molecule has 1 aromatic carbocycles. The van der Waals surface area contributed by atoms with Crippen molar-refractivity contribution < 1.29 is 18.3 Å². The summed E-state index contributed by atoms with van der Waals surface area (Å²) in [5.41, 5.74) is 1.20. The van der Waals surface area contributed by atoms with E-state index in [2.05, 4.69) is 15.6 Å². The number of amides is 1. The monoisotopic (exact) mass is 321 g/mol. The second-order valence-corrected chi connectivity index (χ2v) is 4.92. The fourth-order valence-electron chi connectivity index (χ4n) is 1.93. The minimum absolute atomic E-state index is 0.127. The summed E-state index contributed by atoms with van der Waals surface area (Å²) in [4.78, 5) is 16.0. The van der Waals surface area contributed by atoms with Gasteiger partial charge in [-0.25, -0.2) is 9.37 Å². The lowest BCUT2D eigenvalue weighted by Gasteiger charge is -2.05. The van der Waals surface area contributed by atoms with Crippen molar-refractivity contribution >= 4 is 5.91 Å². The Morgan fingerprint density at radius 3 is 2.78 bits per heavy atom. The summed E-state index contributed by atoms with van der Waals surface area (Å²) < 4.78 is 23.1. The predicted octanol–water partition coefficient (Wildman–Crippen LogP) is 1.38. The zero-order chi connectivity index (χ0) is 16.5. The van der Waals surface area contributed by atoms with Crippen molar-refractivity contribution in [1.29, 1.82) is 0 Å². The van der Waals surface area contributed by atoms with E-state index in [-0.39, 0.29) is 18.1 Å². The van der Waals surface area contributed by atoms with E-state index in [1.54, 1.807) is 19.2 Å². The number of oxazole rings is 1. The first-order valence-electron chi connectivity index (χ1n) is 7.35. The molecule has 1 aromatic heterocycles. The highest BCUT2D eigenvalue weighted by atomic mass is 19.1. The zero-order valence-corrected chi connectivity index (χ0v) is 13.0. The summed E-state index contributed by atoms with van der Waals surface area (Å²) in [6.07, 6.45) is 1.58. The molecule has 0 radical (unpaired) electrons. The minimum atomic E-state index is -0.320. The van der Waals surface area contributed by atoms with Crippen LogP contribution in [0.1, 0.15) is 5.69 Å². The van der Waals surface area contributed by atoms with E-state index in [0.29, 0.717) is 36.8 Å². The fraction of sp³-hybridized carbons (Fsp3) is 0.375. The van der Waals surface area contributed by atoms with E-state index in [1.165, 1.54) is 18.4 Å². The maximum atomic E-state index is 12.9. The third kappa shape index (κ3) is 5.80. The molecule has 6 nitrogen and oxygen atoms in total. The van der Waals surface area contributed by atoms with Crippen LogP contribution < -0.4 is 10.6 Å². The molecule has 0 saturated heterocycles. The maximum absolute atomic E-state index is 12.9. The number of nitrogens with one attached hydrogen (secondary N) is 2.